The van der Waals surface area contributed by atoms with Gasteiger partial charge in [0.25, 0.3) is 0 Å². The zero-order valence-corrected chi connectivity index (χ0v) is 14.1. The summed E-state index contributed by atoms with van der Waals surface area (Å²) in [5.41, 5.74) is 3.35. The molecule has 1 heterocycles. The van der Waals surface area contributed by atoms with Crippen molar-refractivity contribution >= 4 is 11.6 Å². The molecule has 0 saturated heterocycles. The second-order valence-corrected chi connectivity index (χ2v) is 6.10. The molecule has 0 amide bonds. The molecule has 2 aromatic carbocycles. The molecular formula is C20H20ClNO. The highest BCUT2D eigenvalue weighted by Gasteiger charge is 2.10. The molecule has 0 fully saturated rings. The van der Waals surface area contributed by atoms with Crippen LogP contribution in [0.3, 0.4) is 0 Å². The molecule has 3 heteroatoms. The Balaban J connectivity index is 1.69. The number of furan rings is 1. The summed E-state index contributed by atoms with van der Waals surface area (Å²) in [5.74, 6) is 1.77. The van der Waals surface area contributed by atoms with Gasteiger partial charge in [0.05, 0.1) is 6.54 Å². The highest BCUT2D eigenvalue weighted by Crippen LogP contribution is 2.29. The fourth-order valence-electron chi connectivity index (χ4n) is 2.61. The second kappa shape index (κ2) is 7.03. The first-order valence-electron chi connectivity index (χ1n) is 7.77. The first kappa shape index (κ1) is 15.9. The third-order valence-electron chi connectivity index (χ3n) is 4.08. The first-order chi connectivity index (χ1) is 11.1. The average molecular weight is 326 g/mol. The van der Waals surface area contributed by atoms with Gasteiger partial charge in [-0.1, -0.05) is 54.1 Å². The van der Waals surface area contributed by atoms with Crippen LogP contribution in [0.1, 0.15) is 29.9 Å². The Kier molecular flexibility index (Phi) is 4.85. The van der Waals surface area contributed by atoms with Crippen molar-refractivity contribution in [1.82, 2.24) is 5.32 Å². The molecule has 0 aliphatic rings. The van der Waals surface area contributed by atoms with E-state index in [1.54, 1.807) is 0 Å². The molecular weight excluding hydrogens is 306 g/mol. The molecule has 0 spiro atoms. The molecule has 3 rings (SSSR count). The molecule has 0 unspecified atom stereocenters. The van der Waals surface area contributed by atoms with Crippen molar-refractivity contribution in [2.45, 2.75) is 26.4 Å². The number of nitrogens with one attached hydrogen (secondary N) is 1. The molecule has 0 aliphatic heterocycles. The summed E-state index contributed by atoms with van der Waals surface area (Å²) >= 11 is 6.19. The molecule has 3 aromatic rings. The maximum Gasteiger partial charge on any atom is 0.134 e. The van der Waals surface area contributed by atoms with E-state index in [0.29, 0.717) is 6.54 Å². The van der Waals surface area contributed by atoms with E-state index >= 15 is 0 Å². The predicted octanol–water partition coefficient (Wildman–Crippen LogP) is 5.76. The summed E-state index contributed by atoms with van der Waals surface area (Å²) in [6.07, 6.45) is 0. The van der Waals surface area contributed by atoms with E-state index in [4.69, 9.17) is 16.0 Å². The molecule has 1 atom stereocenters. The molecule has 2 nitrogen and oxygen atoms in total. The van der Waals surface area contributed by atoms with Gasteiger partial charge < -0.3 is 9.73 Å². The predicted molar refractivity (Wildman–Crippen MR) is 95.6 cm³/mol. The van der Waals surface area contributed by atoms with Gasteiger partial charge in [-0.05, 0) is 43.2 Å². The van der Waals surface area contributed by atoms with Crippen molar-refractivity contribution in [3.05, 3.63) is 82.6 Å². The SMILES string of the molecule is Cc1c(Cl)cccc1-c1ccc(CN[C@H](C)c2ccccc2)o1. The monoisotopic (exact) mass is 325 g/mol. The molecule has 0 saturated carbocycles. The molecule has 1 N–H and O–H groups in total. The van der Waals surface area contributed by atoms with E-state index in [1.165, 1.54) is 5.56 Å². The lowest BCUT2D eigenvalue weighted by Gasteiger charge is -2.13. The number of hydrogen-bond donors (Lipinski definition) is 1. The number of halogens is 1. The van der Waals surface area contributed by atoms with Crippen molar-refractivity contribution in [2.24, 2.45) is 0 Å². The summed E-state index contributed by atoms with van der Waals surface area (Å²) in [6, 6.07) is 20.6. The van der Waals surface area contributed by atoms with Gasteiger partial charge in [0.1, 0.15) is 11.5 Å². The van der Waals surface area contributed by atoms with Crippen LogP contribution in [0.4, 0.5) is 0 Å². The third kappa shape index (κ3) is 3.66. The summed E-state index contributed by atoms with van der Waals surface area (Å²) in [4.78, 5) is 0. The summed E-state index contributed by atoms with van der Waals surface area (Å²) in [6.45, 7) is 4.85. The minimum atomic E-state index is 0.276. The topological polar surface area (TPSA) is 25.2 Å². The highest BCUT2D eigenvalue weighted by atomic mass is 35.5. The van der Waals surface area contributed by atoms with E-state index in [-0.39, 0.29) is 6.04 Å². The second-order valence-electron chi connectivity index (χ2n) is 5.69. The Morgan fingerprint density at radius 1 is 1.00 bits per heavy atom. The Hall–Kier alpha value is -2.03. The van der Waals surface area contributed by atoms with Crippen LogP contribution in [-0.4, -0.2) is 0 Å². The van der Waals surface area contributed by atoms with Crippen LogP contribution >= 0.6 is 11.6 Å². The van der Waals surface area contributed by atoms with Gasteiger partial charge in [0.2, 0.25) is 0 Å². The van der Waals surface area contributed by atoms with Gasteiger partial charge in [-0.25, -0.2) is 0 Å². The van der Waals surface area contributed by atoms with Crippen LogP contribution in [0.2, 0.25) is 5.02 Å². The van der Waals surface area contributed by atoms with E-state index in [1.807, 2.05) is 43.3 Å². The standard InChI is InChI=1S/C20H20ClNO/c1-14-18(9-6-10-19(14)21)20-12-11-17(23-20)13-22-15(2)16-7-4-3-5-8-16/h3-12,15,22H,13H2,1-2H3/t15-/m1/s1. The number of rotatable bonds is 5. The zero-order chi connectivity index (χ0) is 16.2. The van der Waals surface area contributed by atoms with E-state index in [2.05, 4.69) is 36.5 Å². The fourth-order valence-corrected chi connectivity index (χ4v) is 2.78. The van der Waals surface area contributed by atoms with Crippen LogP contribution in [-0.2, 0) is 6.54 Å². The summed E-state index contributed by atoms with van der Waals surface area (Å²) in [5, 5.41) is 4.25. The number of hydrogen-bond acceptors (Lipinski definition) is 2. The van der Waals surface area contributed by atoms with Gasteiger partial charge >= 0.3 is 0 Å². The number of benzene rings is 2. The Labute approximate surface area is 142 Å². The first-order valence-corrected chi connectivity index (χ1v) is 8.15. The maximum absolute atomic E-state index is 6.19. The molecule has 0 radical (unpaired) electrons. The van der Waals surface area contributed by atoms with Crippen LogP contribution in [0.5, 0.6) is 0 Å². The van der Waals surface area contributed by atoms with E-state index in [0.717, 1.165) is 27.7 Å². The van der Waals surface area contributed by atoms with E-state index < -0.39 is 0 Å². The van der Waals surface area contributed by atoms with Gasteiger partial charge in [-0.15, -0.1) is 0 Å². The van der Waals surface area contributed by atoms with Crippen molar-refractivity contribution in [1.29, 1.82) is 0 Å². The zero-order valence-electron chi connectivity index (χ0n) is 13.3. The van der Waals surface area contributed by atoms with Gasteiger partial charge in [0, 0.05) is 16.6 Å². The lowest BCUT2D eigenvalue weighted by molar-refractivity contribution is 0.468. The lowest BCUT2D eigenvalue weighted by Crippen LogP contribution is -2.17. The quantitative estimate of drug-likeness (QED) is 0.645. The minimum Gasteiger partial charge on any atom is -0.460 e. The smallest absolute Gasteiger partial charge is 0.134 e. The van der Waals surface area contributed by atoms with Gasteiger partial charge in [0.15, 0.2) is 0 Å². The van der Waals surface area contributed by atoms with Crippen LogP contribution in [0.15, 0.2) is 65.1 Å². The normalized spacial score (nSPS) is 12.3. The largest absolute Gasteiger partial charge is 0.460 e. The van der Waals surface area contributed by atoms with Crippen LogP contribution in [0.25, 0.3) is 11.3 Å². The Morgan fingerprint density at radius 2 is 1.78 bits per heavy atom. The van der Waals surface area contributed by atoms with Gasteiger partial charge in [-0.3, -0.25) is 0 Å². The molecule has 118 valence electrons. The molecule has 0 bridgehead atoms. The van der Waals surface area contributed by atoms with Crippen molar-refractivity contribution in [3.8, 4) is 11.3 Å². The van der Waals surface area contributed by atoms with Crippen LogP contribution in [0, 0.1) is 6.92 Å². The van der Waals surface area contributed by atoms with Crippen molar-refractivity contribution in [2.75, 3.05) is 0 Å². The molecule has 0 aliphatic carbocycles. The van der Waals surface area contributed by atoms with Crippen LogP contribution < -0.4 is 5.32 Å². The Bertz CT molecular complexity index is 779. The lowest BCUT2D eigenvalue weighted by atomic mass is 10.1. The molecule has 23 heavy (non-hydrogen) atoms. The van der Waals surface area contributed by atoms with Crippen molar-refractivity contribution in [3.63, 3.8) is 0 Å². The summed E-state index contributed by atoms with van der Waals surface area (Å²) < 4.78 is 5.97. The van der Waals surface area contributed by atoms with Crippen molar-refractivity contribution < 1.29 is 4.42 Å². The maximum atomic E-state index is 6.19. The summed E-state index contributed by atoms with van der Waals surface area (Å²) in [7, 11) is 0. The third-order valence-corrected chi connectivity index (χ3v) is 4.49. The molecule has 1 aromatic heterocycles. The fraction of sp³-hybridized carbons (Fsp3) is 0.200. The minimum absolute atomic E-state index is 0.276. The Morgan fingerprint density at radius 3 is 2.57 bits per heavy atom. The highest BCUT2D eigenvalue weighted by molar-refractivity contribution is 6.31. The average Bonchev–Trinajstić information content (AvgIpc) is 3.04. The van der Waals surface area contributed by atoms with Gasteiger partial charge in [-0.2, -0.15) is 0 Å². The van der Waals surface area contributed by atoms with E-state index in [9.17, 15) is 0 Å².